The van der Waals surface area contributed by atoms with Gasteiger partial charge < -0.3 is 4.74 Å². The Kier molecular flexibility index (Phi) is 3.02. The Balaban J connectivity index is 2.46. The minimum absolute atomic E-state index is 0.835. The minimum Gasteiger partial charge on any atom is -0.497 e. The molecule has 2 nitrogen and oxygen atoms in total. The highest BCUT2D eigenvalue weighted by molar-refractivity contribution is 9.10. The molecule has 0 aliphatic carbocycles. The number of methoxy groups -OCH3 is 1. The molecule has 0 bridgehead atoms. The van der Waals surface area contributed by atoms with Gasteiger partial charge in [0.1, 0.15) is 5.75 Å². The van der Waals surface area contributed by atoms with E-state index in [-0.39, 0.29) is 0 Å². The maximum absolute atomic E-state index is 5.14. The predicted molar refractivity (Wildman–Crippen MR) is 63.9 cm³/mol. The first kappa shape index (κ1) is 10.2. The van der Waals surface area contributed by atoms with Gasteiger partial charge in [-0.25, -0.2) is 0 Å². The standard InChI is InChI=1S/C12H10BrNO/c1-15-9-5-6-10(11(13)8-9)12-4-2-3-7-14-12/h2-8H,1H3. The molecule has 0 saturated carbocycles. The van der Waals surface area contributed by atoms with Gasteiger partial charge in [-0.05, 0) is 46.3 Å². The summed E-state index contributed by atoms with van der Waals surface area (Å²) in [4.78, 5) is 4.29. The molecule has 1 heterocycles. The van der Waals surface area contributed by atoms with Crippen LogP contribution in [0.3, 0.4) is 0 Å². The van der Waals surface area contributed by atoms with E-state index in [0.29, 0.717) is 0 Å². The summed E-state index contributed by atoms with van der Waals surface area (Å²) in [6, 6.07) is 11.7. The Hall–Kier alpha value is -1.35. The maximum Gasteiger partial charge on any atom is 0.120 e. The Morgan fingerprint density at radius 1 is 1.20 bits per heavy atom. The lowest BCUT2D eigenvalue weighted by Crippen LogP contribution is -1.86. The highest BCUT2D eigenvalue weighted by atomic mass is 79.9. The van der Waals surface area contributed by atoms with Crippen molar-refractivity contribution in [3.8, 4) is 17.0 Å². The zero-order valence-corrected chi connectivity index (χ0v) is 9.86. The number of hydrogen-bond donors (Lipinski definition) is 0. The zero-order valence-electron chi connectivity index (χ0n) is 8.27. The van der Waals surface area contributed by atoms with Crippen molar-refractivity contribution in [3.05, 3.63) is 47.1 Å². The highest BCUT2D eigenvalue weighted by Crippen LogP contribution is 2.29. The third-order valence-corrected chi connectivity index (χ3v) is 2.77. The summed E-state index contributed by atoms with van der Waals surface area (Å²) in [5.74, 6) is 0.835. The van der Waals surface area contributed by atoms with Crippen LogP contribution in [0.5, 0.6) is 5.75 Å². The van der Waals surface area contributed by atoms with Crippen molar-refractivity contribution in [2.24, 2.45) is 0 Å². The van der Waals surface area contributed by atoms with E-state index in [1.165, 1.54) is 0 Å². The molecule has 0 radical (unpaired) electrons. The van der Waals surface area contributed by atoms with Crippen LogP contribution >= 0.6 is 15.9 Å². The summed E-state index contributed by atoms with van der Waals surface area (Å²) in [5.41, 5.74) is 2.02. The fraction of sp³-hybridized carbons (Fsp3) is 0.0833. The van der Waals surface area contributed by atoms with Crippen LogP contribution in [0.4, 0.5) is 0 Å². The van der Waals surface area contributed by atoms with Gasteiger partial charge in [0.25, 0.3) is 0 Å². The summed E-state index contributed by atoms with van der Waals surface area (Å²) in [7, 11) is 1.65. The second kappa shape index (κ2) is 4.45. The van der Waals surface area contributed by atoms with Crippen molar-refractivity contribution >= 4 is 15.9 Å². The van der Waals surface area contributed by atoms with E-state index < -0.39 is 0 Å². The average Bonchev–Trinajstić information content (AvgIpc) is 2.30. The lowest BCUT2D eigenvalue weighted by Gasteiger charge is -2.05. The molecule has 1 aromatic carbocycles. The molecule has 0 saturated heterocycles. The summed E-state index contributed by atoms with van der Waals surface area (Å²) in [6.07, 6.45) is 1.78. The van der Waals surface area contributed by atoms with Crippen molar-refractivity contribution in [2.75, 3.05) is 7.11 Å². The second-order valence-electron chi connectivity index (χ2n) is 3.06. The topological polar surface area (TPSA) is 22.1 Å². The molecule has 2 rings (SSSR count). The fourth-order valence-corrected chi connectivity index (χ4v) is 1.91. The molecular formula is C12H10BrNO. The Bertz CT molecular complexity index is 456. The summed E-state index contributed by atoms with van der Waals surface area (Å²) < 4.78 is 6.12. The van der Waals surface area contributed by atoms with Crippen LogP contribution in [0.2, 0.25) is 0 Å². The van der Waals surface area contributed by atoms with E-state index in [1.54, 1.807) is 13.3 Å². The third-order valence-electron chi connectivity index (χ3n) is 2.12. The molecule has 0 aliphatic rings. The molecule has 0 fully saturated rings. The lowest BCUT2D eigenvalue weighted by atomic mass is 10.1. The van der Waals surface area contributed by atoms with Gasteiger partial charge in [0.05, 0.1) is 12.8 Å². The lowest BCUT2D eigenvalue weighted by molar-refractivity contribution is 0.414. The second-order valence-corrected chi connectivity index (χ2v) is 3.92. The number of hydrogen-bond acceptors (Lipinski definition) is 2. The van der Waals surface area contributed by atoms with Crippen molar-refractivity contribution < 1.29 is 4.74 Å². The quantitative estimate of drug-likeness (QED) is 0.827. The molecule has 0 aliphatic heterocycles. The smallest absolute Gasteiger partial charge is 0.120 e. The van der Waals surface area contributed by atoms with Gasteiger partial charge in [-0.15, -0.1) is 0 Å². The molecule has 1 aromatic heterocycles. The zero-order chi connectivity index (χ0) is 10.7. The van der Waals surface area contributed by atoms with Crippen LogP contribution in [0.1, 0.15) is 0 Å². The van der Waals surface area contributed by atoms with Gasteiger partial charge in [-0.3, -0.25) is 4.98 Å². The average molecular weight is 264 g/mol. The first-order valence-electron chi connectivity index (χ1n) is 4.56. The SMILES string of the molecule is COc1ccc(-c2ccccn2)c(Br)c1. The molecular weight excluding hydrogens is 254 g/mol. The molecule has 2 aromatic rings. The number of aromatic nitrogens is 1. The van der Waals surface area contributed by atoms with E-state index in [1.807, 2.05) is 36.4 Å². The molecule has 0 spiro atoms. The fourth-order valence-electron chi connectivity index (χ4n) is 1.35. The summed E-state index contributed by atoms with van der Waals surface area (Å²) in [6.45, 7) is 0. The van der Waals surface area contributed by atoms with E-state index in [4.69, 9.17) is 4.74 Å². The van der Waals surface area contributed by atoms with Gasteiger partial charge in [-0.1, -0.05) is 6.07 Å². The van der Waals surface area contributed by atoms with Gasteiger partial charge in [-0.2, -0.15) is 0 Å². The third kappa shape index (κ3) is 2.18. The molecule has 15 heavy (non-hydrogen) atoms. The van der Waals surface area contributed by atoms with Gasteiger partial charge >= 0.3 is 0 Å². The number of rotatable bonds is 2. The number of ether oxygens (including phenoxy) is 1. The van der Waals surface area contributed by atoms with Crippen molar-refractivity contribution in [2.45, 2.75) is 0 Å². The van der Waals surface area contributed by atoms with Gasteiger partial charge in [0.15, 0.2) is 0 Å². The van der Waals surface area contributed by atoms with E-state index in [2.05, 4.69) is 20.9 Å². The van der Waals surface area contributed by atoms with Crippen LogP contribution in [-0.2, 0) is 0 Å². The summed E-state index contributed by atoms with van der Waals surface area (Å²) in [5, 5.41) is 0. The van der Waals surface area contributed by atoms with Crippen LogP contribution in [0, 0.1) is 0 Å². The Morgan fingerprint density at radius 2 is 2.07 bits per heavy atom. The monoisotopic (exact) mass is 263 g/mol. The first-order valence-corrected chi connectivity index (χ1v) is 5.35. The Morgan fingerprint density at radius 3 is 2.67 bits per heavy atom. The largest absolute Gasteiger partial charge is 0.497 e. The van der Waals surface area contributed by atoms with Crippen molar-refractivity contribution in [3.63, 3.8) is 0 Å². The van der Waals surface area contributed by atoms with E-state index in [0.717, 1.165) is 21.5 Å². The normalized spacial score (nSPS) is 10.0. The van der Waals surface area contributed by atoms with Crippen molar-refractivity contribution in [1.82, 2.24) is 4.98 Å². The molecule has 76 valence electrons. The Labute approximate surface area is 97.1 Å². The summed E-state index contributed by atoms with van der Waals surface area (Å²) >= 11 is 3.50. The first-order chi connectivity index (χ1) is 7.31. The number of pyridine rings is 1. The number of halogens is 1. The molecule has 0 atom stereocenters. The minimum atomic E-state index is 0.835. The van der Waals surface area contributed by atoms with E-state index >= 15 is 0 Å². The van der Waals surface area contributed by atoms with Crippen molar-refractivity contribution in [1.29, 1.82) is 0 Å². The van der Waals surface area contributed by atoms with Gasteiger partial charge in [0.2, 0.25) is 0 Å². The number of nitrogens with zero attached hydrogens (tertiary/aromatic N) is 1. The molecule has 0 amide bonds. The predicted octanol–water partition coefficient (Wildman–Crippen LogP) is 3.52. The van der Waals surface area contributed by atoms with Crippen LogP contribution in [0.25, 0.3) is 11.3 Å². The van der Waals surface area contributed by atoms with Gasteiger partial charge in [0, 0.05) is 16.2 Å². The molecule has 3 heteroatoms. The van der Waals surface area contributed by atoms with Crippen LogP contribution < -0.4 is 4.74 Å². The van der Waals surface area contributed by atoms with E-state index in [9.17, 15) is 0 Å². The van der Waals surface area contributed by atoms with Crippen LogP contribution in [-0.4, -0.2) is 12.1 Å². The van der Waals surface area contributed by atoms with Crippen LogP contribution in [0.15, 0.2) is 47.1 Å². The number of benzene rings is 1. The molecule has 0 N–H and O–H groups in total. The molecule has 0 unspecified atom stereocenters. The maximum atomic E-state index is 5.14. The highest BCUT2D eigenvalue weighted by Gasteiger charge is 2.04.